The Bertz CT molecular complexity index is 1210. The normalized spacial score (nSPS) is 10.4. The number of aryl methyl sites for hydroxylation is 2. The van der Waals surface area contributed by atoms with Gasteiger partial charge < -0.3 is 15.4 Å². The molecule has 1 heterocycles. The standard InChI is InChI=1S/C26H24N4O2/c1-18-8-13-24(19(2)14-18)32-16-26(31)30-22-11-9-21(10-12-22)29-25-15-23(27-17-28-25)20-6-4-3-5-7-20/h3-15,17H,16H2,1-2H3,(H,30,31)(H,27,28,29). The average molecular weight is 425 g/mol. The summed E-state index contributed by atoms with van der Waals surface area (Å²) >= 11 is 0. The van der Waals surface area contributed by atoms with E-state index >= 15 is 0 Å². The number of aromatic nitrogens is 2. The minimum absolute atomic E-state index is 0.0485. The molecule has 2 N–H and O–H groups in total. The number of rotatable bonds is 7. The zero-order chi connectivity index (χ0) is 22.3. The van der Waals surface area contributed by atoms with Gasteiger partial charge in [-0.3, -0.25) is 4.79 Å². The lowest BCUT2D eigenvalue weighted by Gasteiger charge is -2.11. The summed E-state index contributed by atoms with van der Waals surface area (Å²) in [5.74, 6) is 1.19. The van der Waals surface area contributed by atoms with Crippen molar-refractivity contribution in [3.8, 4) is 17.0 Å². The zero-order valence-corrected chi connectivity index (χ0v) is 18.0. The highest BCUT2D eigenvalue weighted by atomic mass is 16.5. The lowest BCUT2D eigenvalue weighted by atomic mass is 10.1. The summed E-state index contributed by atoms with van der Waals surface area (Å²) in [7, 11) is 0. The van der Waals surface area contributed by atoms with Crippen molar-refractivity contribution in [1.82, 2.24) is 9.97 Å². The fourth-order valence-electron chi connectivity index (χ4n) is 3.28. The quantitative estimate of drug-likeness (QED) is 0.408. The molecule has 0 atom stereocenters. The molecule has 6 heteroatoms. The first-order valence-electron chi connectivity index (χ1n) is 10.3. The molecule has 0 aliphatic rings. The van der Waals surface area contributed by atoms with E-state index in [9.17, 15) is 4.79 Å². The van der Waals surface area contributed by atoms with E-state index in [1.807, 2.05) is 92.7 Å². The van der Waals surface area contributed by atoms with Crippen molar-refractivity contribution in [1.29, 1.82) is 0 Å². The number of amides is 1. The van der Waals surface area contributed by atoms with Crippen LogP contribution >= 0.6 is 0 Å². The molecule has 1 aromatic heterocycles. The second kappa shape index (κ2) is 9.75. The summed E-state index contributed by atoms with van der Waals surface area (Å²) in [6.07, 6.45) is 1.54. The van der Waals surface area contributed by atoms with Crippen LogP contribution < -0.4 is 15.4 Å². The maximum Gasteiger partial charge on any atom is 0.262 e. The molecule has 160 valence electrons. The van der Waals surface area contributed by atoms with Crippen molar-refractivity contribution in [3.63, 3.8) is 0 Å². The lowest BCUT2D eigenvalue weighted by Crippen LogP contribution is -2.20. The molecule has 4 aromatic rings. The summed E-state index contributed by atoms with van der Waals surface area (Å²) in [6.45, 7) is 3.94. The fraction of sp³-hybridized carbons (Fsp3) is 0.115. The van der Waals surface area contributed by atoms with Crippen LogP contribution in [0.3, 0.4) is 0 Å². The molecular formula is C26H24N4O2. The number of hydrogen-bond acceptors (Lipinski definition) is 5. The van der Waals surface area contributed by atoms with Crippen LogP contribution in [0.1, 0.15) is 11.1 Å². The second-order valence-corrected chi connectivity index (χ2v) is 7.46. The van der Waals surface area contributed by atoms with Crippen LogP contribution in [0.4, 0.5) is 17.2 Å². The van der Waals surface area contributed by atoms with Gasteiger partial charge in [0.15, 0.2) is 6.61 Å². The third-order valence-electron chi connectivity index (χ3n) is 4.87. The summed E-state index contributed by atoms with van der Waals surface area (Å²) in [5, 5.41) is 6.11. The fourth-order valence-corrected chi connectivity index (χ4v) is 3.28. The monoisotopic (exact) mass is 424 g/mol. The maximum atomic E-state index is 12.2. The van der Waals surface area contributed by atoms with Crippen LogP contribution in [0.15, 0.2) is 85.2 Å². The highest BCUT2D eigenvalue weighted by molar-refractivity contribution is 5.92. The number of carbonyl (C=O) groups excluding carboxylic acids is 1. The predicted molar refractivity (Wildman–Crippen MR) is 127 cm³/mol. The Morgan fingerprint density at radius 2 is 1.62 bits per heavy atom. The Morgan fingerprint density at radius 1 is 0.875 bits per heavy atom. The summed E-state index contributed by atoms with van der Waals surface area (Å²) < 4.78 is 5.64. The molecule has 0 radical (unpaired) electrons. The molecule has 32 heavy (non-hydrogen) atoms. The van der Waals surface area contributed by atoms with Crippen LogP contribution in [0, 0.1) is 13.8 Å². The van der Waals surface area contributed by atoms with Crippen LogP contribution in [0.2, 0.25) is 0 Å². The van der Waals surface area contributed by atoms with Crippen LogP contribution in [-0.2, 0) is 4.79 Å². The van der Waals surface area contributed by atoms with E-state index in [2.05, 4.69) is 20.6 Å². The SMILES string of the molecule is Cc1ccc(OCC(=O)Nc2ccc(Nc3cc(-c4ccccc4)ncn3)cc2)c(C)c1. The van der Waals surface area contributed by atoms with Gasteiger partial charge in [0.2, 0.25) is 0 Å². The van der Waals surface area contributed by atoms with Gasteiger partial charge in [-0.05, 0) is 49.7 Å². The third kappa shape index (κ3) is 5.49. The Balaban J connectivity index is 1.34. The van der Waals surface area contributed by atoms with Crippen LogP contribution in [-0.4, -0.2) is 22.5 Å². The van der Waals surface area contributed by atoms with Gasteiger partial charge in [-0.15, -0.1) is 0 Å². The van der Waals surface area contributed by atoms with E-state index < -0.39 is 0 Å². The van der Waals surface area contributed by atoms with Gasteiger partial charge in [-0.25, -0.2) is 9.97 Å². The Kier molecular flexibility index (Phi) is 6.41. The largest absolute Gasteiger partial charge is 0.483 e. The summed E-state index contributed by atoms with van der Waals surface area (Å²) in [4.78, 5) is 20.9. The highest BCUT2D eigenvalue weighted by Gasteiger charge is 2.07. The van der Waals surface area contributed by atoms with Gasteiger partial charge >= 0.3 is 0 Å². The minimum atomic E-state index is -0.214. The van der Waals surface area contributed by atoms with E-state index in [1.54, 1.807) is 0 Å². The number of nitrogens with zero attached hydrogens (tertiary/aromatic N) is 2. The molecule has 0 saturated carbocycles. The van der Waals surface area contributed by atoms with Gasteiger partial charge in [-0.1, -0.05) is 48.0 Å². The molecule has 0 aliphatic carbocycles. The number of hydrogen-bond donors (Lipinski definition) is 2. The van der Waals surface area contributed by atoms with Crippen molar-refractivity contribution in [3.05, 3.63) is 96.3 Å². The molecule has 6 nitrogen and oxygen atoms in total. The van der Waals surface area contributed by atoms with E-state index in [0.29, 0.717) is 17.3 Å². The van der Waals surface area contributed by atoms with Crippen molar-refractivity contribution < 1.29 is 9.53 Å². The smallest absolute Gasteiger partial charge is 0.262 e. The predicted octanol–water partition coefficient (Wildman–Crippen LogP) is 5.52. The second-order valence-electron chi connectivity index (χ2n) is 7.46. The average Bonchev–Trinajstić information content (AvgIpc) is 2.81. The zero-order valence-electron chi connectivity index (χ0n) is 18.0. The molecule has 0 unspecified atom stereocenters. The molecule has 0 bridgehead atoms. The molecule has 3 aromatic carbocycles. The first-order chi connectivity index (χ1) is 15.6. The molecule has 0 saturated heterocycles. The molecule has 4 rings (SSSR count). The molecule has 0 aliphatic heterocycles. The molecular weight excluding hydrogens is 400 g/mol. The minimum Gasteiger partial charge on any atom is -0.483 e. The van der Waals surface area contributed by atoms with Crippen molar-refractivity contribution in [2.45, 2.75) is 13.8 Å². The molecule has 1 amide bonds. The van der Waals surface area contributed by atoms with Gasteiger partial charge in [0.1, 0.15) is 17.9 Å². The van der Waals surface area contributed by atoms with E-state index in [1.165, 1.54) is 6.33 Å². The van der Waals surface area contributed by atoms with Crippen molar-refractivity contribution in [2.75, 3.05) is 17.2 Å². The first-order valence-corrected chi connectivity index (χ1v) is 10.3. The van der Waals surface area contributed by atoms with Crippen molar-refractivity contribution in [2.24, 2.45) is 0 Å². The number of benzene rings is 3. The van der Waals surface area contributed by atoms with Crippen LogP contribution in [0.25, 0.3) is 11.3 Å². The van der Waals surface area contributed by atoms with Crippen LogP contribution in [0.5, 0.6) is 5.75 Å². The number of nitrogens with one attached hydrogen (secondary N) is 2. The summed E-state index contributed by atoms with van der Waals surface area (Å²) in [6, 6.07) is 25.1. The summed E-state index contributed by atoms with van der Waals surface area (Å²) in [5.41, 5.74) is 5.58. The third-order valence-corrected chi connectivity index (χ3v) is 4.87. The van der Waals surface area contributed by atoms with E-state index in [0.717, 1.165) is 28.1 Å². The number of ether oxygens (including phenoxy) is 1. The first kappa shape index (κ1) is 21.1. The maximum absolute atomic E-state index is 12.2. The highest BCUT2D eigenvalue weighted by Crippen LogP contribution is 2.22. The van der Waals surface area contributed by atoms with E-state index in [4.69, 9.17) is 4.74 Å². The van der Waals surface area contributed by atoms with Gasteiger partial charge in [0.05, 0.1) is 5.69 Å². The Hall–Kier alpha value is -4.19. The molecule has 0 spiro atoms. The lowest BCUT2D eigenvalue weighted by molar-refractivity contribution is -0.118. The van der Waals surface area contributed by atoms with Gasteiger partial charge in [-0.2, -0.15) is 0 Å². The van der Waals surface area contributed by atoms with Gasteiger partial charge in [0, 0.05) is 23.0 Å². The van der Waals surface area contributed by atoms with Crippen molar-refractivity contribution >= 4 is 23.1 Å². The molecule has 0 fully saturated rings. The Morgan fingerprint density at radius 3 is 2.38 bits per heavy atom. The van der Waals surface area contributed by atoms with Gasteiger partial charge in [0.25, 0.3) is 5.91 Å². The number of carbonyl (C=O) groups is 1. The van der Waals surface area contributed by atoms with E-state index in [-0.39, 0.29) is 12.5 Å². The Labute approximate surface area is 187 Å². The topological polar surface area (TPSA) is 76.1 Å². The number of anilines is 3.